The van der Waals surface area contributed by atoms with E-state index in [0.717, 1.165) is 23.5 Å². The summed E-state index contributed by atoms with van der Waals surface area (Å²) in [5, 5.41) is 3.38. The molecule has 0 radical (unpaired) electrons. The van der Waals surface area contributed by atoms with E-state index in [2.05, 4.69) is 42.6 Å². The largest absolute Gasteiger partial charge is 0.493 e. The van der Waals surface area contributed by atoms with Crippen LogP contribution in [0.15, 0.2) is 48.7 Å². The highest BCUT2D eigenvalue weighted by Crippen LogP contribution is 2.36. The number of ether oxygens (including phenoxy) is 2. The molecule has 0 saturated carbocycles. The van der Waals surface area contributed by atoms with Crippen LogP contribution in [0.4, 0.5) is 0 Å². The summed E-state index contributed by atoms with van der Waals surface area (Å²) < 4.78 is 11.5. The lowest BCUT2D eigenvalue weighted by Crippen LogP contribution is -2.19. The van der Waals surface area contributed by atoms with E-state index in [1.165, 1.54) is 11.1 Å². The topological polar surface area (TPSA) is 30.5 Å². The van der Waals surface area contributed by atoms with E-state index in [-0.39, 0.29) is 0 Å². The van der Waals surface area contributed by atoms with Gasteiger partial charge in [-0.05, 0) is 47.5 Å². The molecule has 0 aromatic heterocycles. The third kappa shape index (κ3) is 2.93. The summed E-state index contributed by atoms with van der Waals surface area (Å²) in [6.07, 6.45) is 5.12. The minimum absolute atomic E-state index is 0.331. The van der Waals surface area contributed by atoms with Gasteiger partial charge in [0.1, 0.15) is 6.61 Å². The van der Waals surface area contributed by atoms with Gasteiger partial charge in [0.25, 0.3) is 0 Å². The van der Waals surface area contributed by atoms with Crippen molar-refractivity contribution in [2.45, 2.75) is 26.0 Å². The fraction of sp³-hybridized carbons (Fsp3) is 0.263. The van der Waals surface area contributed by atoms with Crippen molar-refractivity contribution in [2.75, 3.05) is 7.11 Å². The van der Waals surface area contributed by atoms with Gasteiger partial charge in [-0.2, -0.15) is 0 Å². The van der Waals surface area contributed by atoms with E-state index in [4.69, 9.17) is 9.47 Å². The van der Waals surface area contributed by atoms with Gasteiger partial charge in [-0.25, -0.2) is 0 Å². The summed E-state index contributed by atoms with van der Waals surface area (Å²) in [7, 11) is 1.68. The van der Waals surface area contributed by atoms with Gasteiger partial charge in [0.15, 0.2) is 11.5 Å². The Balaban J connectivity index is 1.87. The maximum atomic E-state index is 5.97. The molecule has 1 N–H and O–H groups in total. The second kappa shape index (κ2) is 6.56. The third-order valence-corrected chi connectivity index (χ3v) is 3.95. The number of methoxy groups -OCH3 is 1. The van der Waals surface area contributed by atoms with Crippen LogP contribution in [0.1, 0.15) is 36.1 Å². The van der Waals surface area contributed by atoms with Gasteiger partial charge in [-0.15, -0.1) is 0 Å². The maximum Gasteiger partial charge on any atom is 0.162 e. The van der Waals surface area contributed by atoms with Gasteiger partial charge in [0, 0.05) is 0 Å². The van der Waals surface area contributed by atoms with E-state index in [1.54, 1.807) is 7.11 Å². The van der Waals surface area contributed by atoms with Crippen molar-refractivity contribution in [3.05, 3.63) is 65.4 Å². The Labute approximate surface area is 131 Å². The Morgan fingerprint density at radius 3 is 2.64 bits per heavy atom. The average molecular weight is 295 g/mol. The first-order valence-electron chi connectivity index (χ1n) is 7.63. The van der Waals surface area contributed by atoms with Crippen LogP contribution in [-0.4, -0.2) is 7.11 Å². The number of hydrogen-bond donors (Lipinski definition) is 1. The predicted octanol–water partition coefficient (Wildman–Crippen LogP) is 4.30. The second-order valence-corrected chi connectivity index (χ2v) is 5.37. The second-order valence-electron chi connectivity index (χ2n) is 5.37. The zero-order valence-corrected chi connectivity index (χ0v) is 13.0. The lowest BCUT2D eigenvalue weighted by atomic mass is 9.95. The molecular weight excluding hydrogens is 274 g/mol. The molecule has 1 heterocycles. The normalized spacial score (nSPS) is 15.8. The quantitative estimate of drug-likeness (QED) is 0.892. The number of nitrogens with one attached hydrogen (secondary N) is 1. The zero-order valence-electron chi connectivity index (χ0n) is 13.0. The van der Waals surface area contributed by atoms with Crippen LogP contribution in [0.5, 0.6) is 11.5 Å². The summed E-state index contributed by atoms with van der Waals surface area (Å²) in [4.78, 5) is 0. The fourth-order valence-electron chi connectivity index (χ4n) is 2.73. The predicted molar refractivity (Wildman–Crippen MR) is 89.0 cm³/mol. The van der Waals surface area contributed by atoms with Crippen LogP contribution in [0.25, 0.3) is 6.08 Å². The van der Waals surface area contributed by atoms with Gasteiger partial charge >= 0.3 is 0 Å². The molecule has 1 unspecified atom stereocenters. The van der Waals surface area contributed by atoms with Gasteiger partial charge in [-0.3, -0.25) is 0 Å². The van der Waals surface area contributed by atoms with Crippen molar-refractivity contribution in [1.29, 1.82) is 0 Å². The van der Waals surface area contributed by atoms with E-state index in [0.29, 0.717) is 12.6 Å². The SMILES string of the molecule is CCC1NC=Cc2cc(OCc3ccccc3)c(OC)cc21. The molecule has 0 aliphatic carbocycles. The minimum atomic E-state index is 0.331. The summed E-state index contributed by atoms with van der Waals surface area (Å²) in [5.74, 6) is 1.57. The average Bonchev–Trinajstić information content (AvgIpc) is 2.59. The summed E-state index contributed by atoms with van der Waals surface area (Å²) >= 11 is 0. The maximum absolute atomic E-state index is 5.97. The Bertz CT molecular complexity index is 665. The lowest BCUT2D eigenvalue weighted by Gasteiger charge is -2.24. The Hall–Kier alpha value is -2.42. The van der Waals surface area contributed by atoms with Gasteiger partial charge in [0.2, 0.25) is 0 Å². The summed E-state index contributed by atoms with van der Waals surface area (Å²) in [6.45, 7) is 2.71. The highest BCUT2D eigenvalue weighted by Gasteiger charge is 2.18. The zero-order chi connectivity index (χ0) is 15.4. The fourth-order valence-corrected chi connectivity index (χ4v) is 2.73. The standard InChI is InChI=1S/C19H21NO2/c1-3-17-16-12-18(21-2)19(11-15(16)9-10-20-17)22-13-14-7-5-4-6-8-14/h4-12,17,20H,3,13H2,1-2H3. The van der Waals surface area contributed by atoms with Crippen molar-refractivity contribution >= 4 is 6.08 Å². The third-order valence-electron chi connectivity index (χ3n) is 3.95. The van der Waals surface area contributed by atoms with Crippen LogP contribution in [-0.2, 0) is 6.61 Å². The number of fused-ring (bicyclic) bond motifs is 1. The molecule has 0 fully saturated rings. The molecule has 3 heteroatoms. The minimum Gasteiger partial charge on any atom is -0.493 e. The molecular formula is C19H21NO2. The molecule has 3 nitrogen and oxygen atoms in total. The highest BCUT2D eigenvalue weighted by atomic mass is 16.5. The molecule has 0 bridgehead atoms. The molecule has 0 amide bonds. The summed E-state index contributed by atoms with van der Waals surface area (Å²) in [5.41, 5.74) is 3.59. The molecule has 1 aliphatic rings. The van der Waals surface area contributed by atoms with Gasteiger partial charge in [-0.1, -0.05) is 37.3 Å². The summed E-state index contributed by atoms with van der Waals surface area (Å²) in [6, 6.07) is 14.6. The molecule has 1 atom stereocenters. The molecule has 2 aromatic rings. The van der Waals surface area contributed by atoms with E-state index in [9.17, 15) is 0 Å². The number of hydrogen-bond acceptors (Lipinski definition) is 3. The molecule has 2 aromatic carbocycles. The first-order chi connectivity index (χ1) is 10.8. The van der Waals surface area contributed by atoms with Crippen LogP contribution >= 0.6 is 0 Å². The molecule has 22 heavy (non-hydrogen) atoms. The van der Waals surface area contributed by atoms with Gasteiger partial charge in [0.05, 0.1) is 13.2 Å². The molecule has 1 aliphatic heterocycles. The van der Waals surface area contributed by atoms with Crippen molar-refractivity contribution in [2.24, 2.45) is 0 Å². The first-order valence-corrected chi connectivity index (χ1v) is 7.63. The monoisotopic (exact) mass is 295 g/mol. The van der Waals surface area contributed by atoms with E-state index < -0.39 is 0 Å². The molecule has 3 rings (SSSR count). The molecule has 0 saturated heterocycles. The van der Waals surface area contributed by atoms with Crippen LogP contribution < -0.4 is 14.8 Å². The van der Waals surface area contributed by atoms with Crippen LogP contribution in [0, 0.1) is 0 Å². The van der Waals surface area contributed by atoms with Crippen molar-refractivity contribution in [1.82, 2.24) is 5.32 Å². The van der Waals surface area contributed by atoms with Crippen LogP contribution in [0.2, 0.25) is 0 Å². The molecule has 114 valence electrons. The Kier molecular flexibility index (Phi) is 4.33. The number of benzene rings is 2. The van der Waals surface area contributed by atoms with Crippen molar-refractivity contribution in [3.63, 3.8) is 0 Å². The van der Waals surface area contributed by atoms with Crippen molar-refractivity contribution < 1.29 is 9.47 Å². The number of rotatable bonds is 5. The Morgan fingerprint density at radius 2 is 1.91 bits per heavy atom. The lowest BCUT2D eigenvalue weighted by molar-refractivity contribution is 0.284. The van der Waals surface area contributed by atoms with Gasteiger partial charge < -0.3 is 14.8 Å². The first kappa shape index (κ1) is 14.5. The Morgan fingerprint density at radius 1 is 1.09 bits per heavy atom. The highest BCUT2D eigenvalue weighted by molar-refractivity contribution is 5.62. The smallest absolute Gasteiger partial charge is 0.162 e. The van der Waals surface area contributed by atoms with Crippen LogP contribution in [0.3, 0.4) is 0 Å². The van der Waals surface area contributed by atoms with E-state index in [1.807, 2.05) is 24.4 Å². The van der Waals surface area contributed by atoms with E-state index >= 15 is 0 Å². The van der Waals surface area contributed by atoms with Crippen molar-refractivity contribution in [3.8, 4) is 11.5 Å². The molecule has 0 spiro atoms.